The van der Waals surface area contributed by atoms with E-state index in [-0.39, 0.29) is 31.1 Å². The van der Waals surface area contributed by atoms with Gasteiger partial charge in [-0.2, -0.15) is 0 Å². The van der Waals surface area contributed by atoms with Crippen LogP contribution in [0.15, 0.2) is 97.2 Å². The van der Waals surface area contributed by atoms with E-state index in [2.05, 4.69) is 118 Å². The minimum absolute atomic E-state index is 0.0863. The van der Waals surface area contributed by atoms with Crippen LogP contribution >= 0.6 is 0 Å². The second kappa shape index (κ2) is 59.9. The highest BCUT2D eigenvalue weighted by Gasteiger charge is 2.19. The van der Waals surface area contributed by atoms with Gasteiger partial charge in [0, 0.05) is 19.3 Å². The second-order valence-electron chi connectivity index (χ2n) is 19.9. The summed E-state index contributed by atoms with van der Waals surface area (Å²) in [7, 11) is 0. The van der Waals surface area contributed by atoms with Gasteiger partial charge in [0.25, 0.3) is 0 Å². The molecule has 412 valence electrons. The summed E-state index contributed by atoms with van der Waals surface area (Å²) < 4.78 is 16.9. The van der Waals surface area contributed by atoms with Crippen molar-refractivity contribution in [2.45, 2.75) is 290 Å². The van der Waals surface area contributed by atoms with Crippen molar-refractivity contribution in [1.82, 2.24) is 0 Å². The second-order valence-corrected chi connectivity index (χ2v) is 19.9. The monoisotopic (exact) mass is 1000 g/mol. The van der Waals surface area contributed by atoms with E-state index in [1.165, 1.54) is 116 Å². The number of hydrogen-bond acceptors (Lipinski definition) is 6. The lowest BCUT2D eigenvalue weighted by Crippen LogP contribution is -2.30. The smallest absolute Gasteiger partial charge is 0.306 e. The topological polar surface area (TPSA) is 78.9 Å². The lowest BCUT2D eigenvalue weighted by Gasteiger charge is -2.18. The van der Waals surface area contributed by atoms with Gasteiger partial charge in [-0.3, -0.25) is 14.4 Å². The quantitative estimate of drug-likeness (QED) is 0.0261. The molecule has 0 aliphatic carbocycles. The number of carbonyl (C=O) groups is 3. The van der Waals surface area contributed by atoms with Gasteiger partial charge in [0.15, 0.2) is 6.10 Å². The molecule has 0 aromatic carbocycles. The van der Waals surface area contributed by atoms with Crippen molar-refractivity contribution in [1.29, 1.82) is 0 Å². The summed E-state index contributed by atoms with van der Waals surface area (Å²) in [5.74, 6) is -0.908. The minimum Gasteiger partial charge on any atom is -0.462 e. The molecule has 0 amide bonds. The molecule has 0 spiro atoms. The first-order valence-corrected chi connectivity index (χ1v) is 30.2. The van der Waals surface area contributed by atoms with E-state index in [1.54, 1.807) is 0 Å². The van der Waals surface area contributed by atoms with Crippen LogP contribution in [0.2, 0.25) is 0 Å². The first-order chi connectivity index (χ1) is 35.5. The molecule has 0 aliphatic heterocycles. The summed E-state index contributed by atoms with van der Waals surface area (Å²) in [6.45, 7) is 6.48. The number of esters is 3. The van der Waals surface area contributed by atoms with Crippen molar-refractivity contribution in [3.8, 4) is 0 Å². The van der Waals surface area contributed by atoms with Gasteiger partial charge >= 0.3 is 17.9 Å². The van der Waals surface area contributed by atoms with Crippen LogP contribution in [0.4, 0.5) is 0 Å². The predicted octanol–water partition coefficient (Wildman–Crippen LogP) is 20.5. The first kappa shape index (κ1) is 68.3. The van der Waals surface area contributed by atoms with E-state index in [0.29, 0.717) is 19.3 Å². The molecule has 0 saturated carbocycles. The highest BCUT2D eigenvalue weighted by atomic mass is 16.6. The zero-order valence-corrected chi connectivity index (χ0v) is 47.2. The molecule has 0 radical (unpaired) electrons. The Morgan fingerprint density at radius 1 is 0.292 bits per heavy atom. The maximum atomic E-state index is 12.9. The predicted molar refractivity (Wildman–Crippen MR) is 311 cm³/mol. The SMILES string of the molecule is CC/C=C\C/C=C\C/C=C\C/C=C\C/C=C\C/C=C\C/C=C\CCCCCCCC(=O)OCC(COC(=O)CCCCCCC/C=C\CCCC)OC(=O)CCCCCCCCCCCCCCCCCC. The fraction of sp³-hybridized carbons (Fsp3) is 0.712. The molecule has 0 fully saturated rings. The lowest BCUT2D eigenvalue weighted by molar-refractivity contribution is -0.167. The molecule has 0 rings (SSSR count). The van der Waals surface area contributed by atoms with E-state index < -0.39 is 6.10 Å². The summed E-state index contributed by atoms with van der Waals surface area (Å²) >= 11 is 0. The molecular weight excluding hydrogens is 889 g/mol. The van der Waals surface area contributed by atoms with Gasteiger partial charge < -0.3 is 14.2 Å². The van der Waals surface area contributed by atoms with Crippen LogP contribution < -0.4 is 0 Å². The van der Waals surface area contributed by atoms with Crippen molar-refractivity contribution >= 4 is 17.9 Å². The Morgan fingerprint density at radius 3 is 0.903 bits per heavy atom. The van der Waals surface area contributed by atoms with Crippen LogP contribution in [0.25, 0.3) is 0 Å². The van der Waals surface area contributed by atoms with Crippen LogP contribution in [-0.4, -0.2) is 37.2 Å². The zero-order valence-electron chi connectivity index (χ0n) is 47.2. The Morgan fingerprint density at radius 2 is 0.556 bits per heavy atom. The summed E-state index contributed by atoms with van der Waals surface area (Å²) in [5, 5.41) is 0. The summed E-state index contributed by atoms with van der Waals surface area (Å²) in [5.41, 5.74) is 0. The fourth-order valence-electron chi connectivity index (χ4n) is 8.29. The Labute approximate surface area is 445 Å². The third kappa shape index (κ3) is 57.2. The van der Waals surface area contributed by atoms with Crippen LogP contribution in [0, 0.1) is 0 Å². The number of carbonyl (C=O) groups excluding carboxylic acids is 3. The highest BCUT2D eigenvalue weighted by Crippen LogP contribution is 2.16. The van der Waals surface area contributed by atoms with Crippen molar-refractivity contribution in [3.63, 3.8) is 0 Å². The van der Waals surface area contributed by atoms with Crippen LogP contribution in [0.1, 0.15) is 284 Å². The van der Waals surface area contributed by atoms with E-state index in [1.807, 2.05) is 0 Å². The van der Waals surface area contributed by atoms with Crippen LogP contribution in [-0.2, 0) is 28.6 Å². The van der Waals surface area contributed by atoms with E-state index >= 15 is 0 Å². The Kier molecular flexibility index (Phi) is 56.8. The van der Waals surface area contributed by atoms with Gasteiger partial charge in [0.05, 0.1) is 0 Å². The van der Waals surface area contributed by atoms with Gasteiger partial charge in [-0.15, -0.1) is 0 Å². The number of allylic oxidation sites excluding steroid dienone is 16. The highest BCUT2D eigenvalue weighted by molar-refractivity contribution is 5.71. The molecule has 0 saturated heterocycles. The van der Waals surface area contributed by atoms with E-state index in [9.17, 15) is 14.4 Å². The van der Waals surface area contributed by atoms with Crippen molar-refractivity contribution in [3.05, 3.63) is 97.2 Å². The number of hydrogen-bond donors (Lipinski definition) is 0. The summed E-state index contributed by atoms with van der Waals surface area (Å²) in [6, 6.07) is 0. The average Bonchev–Trinajstić information content (AvgIpc) is 3.38. The van der Waals surface area contributed by atoms with Crippen molar-refractivity contribution in [2.24, 2.45) is 0 Å². The van der Waals surface area contributed by atoms with Gasteiger partial charge in [-0.25, -0.2) is 0 Å². The molecule has 6 nitrogen and oxygen atoms in total. The zero-order chi connectivity index (χ0) is 52.2. The minimum atomic E-state index is -0.788. The normalized spacial score (nSPS) is 12.8. The first-order valence-electron chi connectivity index (χ1n) is 30.2. The molecule has 0 N–H and O–H groups in total. The summed E-state index contributed by atoms with van der Waals surface area (Å²) in [6.07, 6.45) is 79.8. The number of rotatable bonds is 54. The molecule has 72 heavy (non-hydrogen) atoms. The third-order valence-electron chi connectivity index (χ3n) is 12.8. The molecule has 0 aromatic rings. The molecule has 1 unspecified atom stereocenters. The molecule has 6 heteroatoms. The molecule has 0 aromatic heterocycles. The Bertz CT molecular complexity index is 1430. The van der Waals surface area contributed by atoms with Crippen molar-refractivity contribution < 1.29 is 28.6 Å². The Hall–Kier alpha value is -3.67. The standard InChI is InChI=1S/C66H112O6/c1-4-7-10-13-16-19-22-24-26-28-29-30-31-32-33-34-35-36-37-38-40-41-44-47-50-53-56-59-65(68)71-62-63(61-70-64(67)58-55-52-49-46-43-21-18-15-12-9-6-3)72-66(69)60-57-54-51-48-45-42-39-27-25-23-20-17-14-11-8-5-2/h7,10,15-16,18-19,24,26,29-30,32-33,35-36,38,40,63H,4-6,8-9,11-14,17,20-23,25,27-28,31,34,37,39,41-62H2,1-3H3/b10-7-,18-15-,19-16-,26-24-,30-29-,33-32-,36-35-,40-38-. The van der Waals surface area contributed by atoms with Gasteiger partial charge in [-0.05, 0) is 96.3 Å². The van der Waals surface area contributed by atoms with E-state index in [4.69, 9.17) is 14.2 Å². The largest absolute Gasteiger partial charge is 0.462 e. The molecule has 0 bridgehead atoms. The summed E-state index contributed by atoms with van der Waals surface area (Å²) in [4.78, 5) is 38.2. The molecule has 0 heterocycles. The van der Waals surface area contributed by atoms with Crippen LogP contribution in [0.5, 0.6) is 0 Å². The fourth-order valence-corrected chi connectivity index (χ4v) is 8.29. The van der Waals surface area contributed by atoms with E-state index in [0.717, 1.165) is 128 Å². The van der Waals surface area contributed by atoms with Gasteiger partial charge in [0.1, 0.15) is 13.2 Å². The number of ether oxygens (including phenoxy) is 3. The molecular formula is C66H112O6. The lowest BCUT2D eigenvalue weighted by atomic mass is 10.0. The molecule has 1 atom stereocenters. The van der Waals surface area contributed by atoms with Gasteiger partial charge in [0.2, 0.25) is 0 Å². The van der Waals surface area contributed by atoms with Gasteiger partial charge in [-0.1, -0.05) is 266 Å². The maximum Gasteiger partial charge on any atom is 0.306 e. The maximum absolute atomic E-state index is 12.9. The average molecular weight is 1000 g/mol. The van der Waals surface area contributed by atoms with Crippen LogP contribution in [0.3, 0.4) is 0 Å². The van der Waals surface area contributed by atoms with Crippen molar-refractivity contribution in [2.75, 3.05) is 13.2 Å². The molecule has 0 aliphatic rings. The Balaban J connectivity index is 4.33. The third-order valence-corrected chi connectivity index (χ3v) is 12.8. The number of unbranched alkanes of at least 4 members (excludes halogenated alkanes) is 27.